The maximum absolute atomic E-state index is 12.3. The highest BCUT2D eigenvalue weighted by Crippen LogP contribution is 2.14. The Morgan fingerprint density at radius 3 is 2.38 bits per heavy atom. The Balaban J connectivity index is 2.13. The molecule has 2 rings (SSSR count). The fourth-order valence-electron chi connectivity index (χ4n) is 2.30. The molecule has 0 heterocycles. The Labute approximate surface area is 151 Å². The molecule has 2 aromatic carbocycles. The Kier molecular flexibility index (Phi) is 6.52. The lowest BCUT2D eigenvalue weighted by molar-refractivity contribution is -0.141. The quantitative estimate of drug-likeness (QED) is 0.590. The van der Waals surface area contributed by atoms with Crippen molar-refractivity contribution in [3.63, 3.8) is 0 Å². The van der Waals surface area contributed by atoms with E-state index in [9.17, 15) is 20.0 Å². The van der Waals surface area contributed by atoms with Crippen LogP contribution in [-0.2, 0) is 16.0 Å². The summed E-state index contributed by atoms with van der Waals surface area (Å²) in [6.45, 7) is 0. The molecule has 0 bridgehead atoms. The first-order valence-corrected chi connectivity index (χ1v) is 7.87. The van der Waals surface area contributed by atoms with Gasteiger partial charge in [-0.3, -0.25) is 4.79 Å². The molecule has 1 unspecified atom stereocenters. The summed E-state index contributed by atoms with van der Waals surface area (Å²) in [5, 5.41) is 21.0. The summed E-state index contributed by atoms with van der Waals surface area (Å²) in [6.07, 6.45) is 1.53. The molecule has 1 amide bonds. The number of nitrogens with zero attached hydrogens (tertiary/aromatic N) is 1. The monoisotopic (exact) mass is 350 g/mol. The van der Waals surface area contributed by atoms with E-state index in [0.717, 1.165) is 5.56 Å². The molecule has 2 N–H and O–H groups in total. The standard InChI is InChI=1S/C20H18N2O4/c1-26-17-9-7-15(8-10-17)11-16(13-21)19(23)22-18(20(24)25)12-14-5-3-2-4-6-14/h2-11,18H,12H2,1H3,(H,22,23)(H,24,25)/b16-11+. The predicted molar refractivity (Wildman–Crippen MR) is 96.3 cm³/mol. The molecule has 0 aliphatic heterocycles. The SMILES string of the molecule is COc1ccc(/C=C(\C#N)C(=O)NC(Cc2ccccc2)C(=O)O)cc1. The minimum absolute atomic E-state index is 0.128. The third kappa shape index (κ3) is 5.21. The van der Waals surface area contributed by atoms with Crippen molar-refractivity contribution < 1.29 is 19.4 Å². The summed E-state index contributed by atoms with van der Waals surface area (Å²) in [6, 6.07) is 16.4. The number of amides is 1. The fraction of sp³-hybridized carbons (Fsp3) is 0.150. The van der Waals surface area contributed by atoms with Crippen LogP contribution in [0.15, 0.2) is 60.2 Å². The van der Waals surface area contributed by atoms with Gasteiger partial charge >= 0.3 is 5.97 Å². The molecule has 0 radical (unpaired) electrons. The van der Waals surface area contributed by atoms with Crippen molar-refractivity contribution in [2.24, 2.45) is 0 Å². The summed E-state index contributed by atoms with van der Waals surface area (Å²) in [5.74, 6) is -1.24. The van der Waals surface area contributed by atoms with E-state index in [4.69, 9.17) is 4.74 Å². The lowest BCUT2D eigenvalue weighted by Gasteiger charge is -2.14. The Hall–Kier alpha value is -3.59. The lowest BCUT2D eigenvalue weighted by Crippen LogP contribution is -2.42. The number of nitriles is 1. The van der Waals surface area contributed by atoms with E-state index in [1.165, 1.54) is 13.2 Å². The topological polar surface area (TPSA) is 99.4 Å². The van der Waals surface area contributed by atoms with E-state index < -0.39 is 17.9 Å². The summed E-state index contributed by atoms with van der Waals surface area (Å²) in [7, 11) is 1.54. The van der Waals surface area contributed by atoms with Crippen LogP contribution in [0.2, 0.25) is 0 Å². The molecule has 6 heteroatoms. The summed E-state index contributed by atoms with van der Waals surface area (Å²) < 4.78 is 5.05. The molecule has 0 aliphatic rings. The van der Waals surface area contributed by atoms with Crippen LogP contribution in [0.4, 0.5) is 0 Å². The minimum atomic E-state index is -1.16. The van der Waals surface area contributed by atoms with Gasteiger partial charge < -0.3 is 15.2 Å². The van der Waals surface area contributed by atoms with Gasteiger partial charge in [0, 0.05) is 6.42 Å². The van der Waals surface area contributed by atoms with Crippen LogP contribution in [0.25, 0.3) is 6.08 Å². The number of carbonyl (C=O) groups excluding carboxylic acids is 1. The van der Waals surface area contributed by atoms with E-state index >= 15 is 0 Å². The maximum atomic E-state index is 12.3. The molecular formula is C20H18N2O4. The molecule has 26 heavy (non-hydrogen) atoms. The number of carboxylic acids is 1. The number of hydrogen-bond acceptors (Lipinski definition) is 4. The number of ether oxygens (including phenoxy) is 1. The van der Waals surface area contributed by atoms with Gasteiger partial charge in [-0.25, -0.2) is 4.79 Å². The minimum Gasteiger partial charge on any atom is -0.497 e. The van der Waals surface area contributed by atoms with Gasteiger partial charge in [-0.1, -0.05) is 42.5 Å². The number of carbonyl (C=O) groups is 2. The number of methoxy groups -OCH3 is 1. The van der Waals surface area contributed by atoms with Gasteiger partial charge in [-0.05, 0) is 29.3 Å². The molecule has 2 aromatic rings. The average Bonchev–Trinajstić information content (AvgIpc) is 2.66. The predicted octanol–water partition coefficient (Wildman–Crippen LogP) is 2.41. The third-order valence-corrected chi connectivity index (χ3v) is 3.68. The second kappa shape index (κ2) is 9.04. The maximum Gasteiger partial charge on any atom is 0.326 e. The number of hydrogen-bond donors (Lipinski definition) is 2. The molecule has 1 atom stereocenters. The first-order valence-electron chi connectivity index (χ1n) is 7.87. The zero-order valence-electron chi connectivity index (χ0n) is 14.2. The van der Waals surface area contributed by atoms with Gasteiger partial charge in [0.05, 0.1) is 7.11 Å². The highest BCUT2D eigenvalue weighted by Gasteiger charge is 2.22. The molecule has 0 saturated carbocycles. The Bertz CT molecular complexity index is 836. The van der Waals surface area contributed by atoms with Gasteiger partial charge in [0.15, 0.2) is 0 Å². The van der Waals surface area contributed by atoms with Crippen LogP contribution < -0.4 is 10.1 Å². The number of aliphatic carboxylic acids is 1. The zero-order valence-corrected chi connectivity index (χ0v) is 14.2. The molecule has 0 fully saturated rings. The molecule has 0 saturated heterocycles. The van der Waals surface area contributed by atoms with E-state index in [1.807, 2.05) is 12.1 Å². The molecule has 0 aromatic heterocycles. The first kappa shape index (κ1) is 18.7. The molecule has 0 aliphatic carbocycles. The number of rotatable bonds is 7. The third-order valence-electron chi connectivity index (χ3n) is 3.68. The highest BCUT2D eigenvalue weighted by atomic mass is 16.5. The molecule has 6 nitrogen and oxygen atoms in total. The average molecular weight is 350 g/mol. The van der Waals surface area contributed by atoms with E-state index in [-0.39, 0.29) is 12.0 Å². The molecule has 132 valence electrons. The van der Waals surface area contributed by atoms with Gasteiger partial charge in [0.2, 0.25) is 0 Å². The number of carboxylic acid groups (broad SMARTS) is 1. The molecular weight excluding hydrogens is 332 g/mol. The summed E-state index contributed by atoms with van der Waals surface area (Å²) in [5.41, 5.74) is 1.24. The fourth-order valence-corrected chi connectivity index (χ4v) is 2.30. The van der Waals surface area contributed by atoms with Gasteiger partial charge in [-0.2, -0.15) is 5.26 Å². The van der Waals surface area contributed by atoms with Crippen LogP contribution in [0.5, 0.6) is 5.75 Å². The van der Waals surface area contributed by atoms with Crippen LogP contribution in [-0.4, -0.2) is 30.1 Å². The van der Waals surface area contributed by atoms with Crippen molar-refractivity contribution in [3.8, 4) is 11.8 Å². The van der Waals surface area contributed by atoms with Gasteiger partial charge in [-0.15, -0.1) is 0 Å². The normalized spacial score (nSPS) is 11.9. The second-order valence-electron chi connectivity index (χ2n) is 5.50. The Morgan fingerprint density at radius 2 is 1.85 bits per heavy atom. The van der Waals surface area contributed by atoms with Crippen molar-refractivity contribution in [1.82, 2.24) is 5.32 Å². The molecule has 0 spiro atoms. The second-order valence-corrected chi connectivity index (χ2v) is 5.50. The summed E-state index contributed by atoms with van der Waals surface area (Å²) >= 11 is 0. The summed E-state index contributed by atoms with van der Waals surface area (Å²) in [4.78, 5) is 23.8. The van der Waals surface area contributed by atoms with Crippen molar-refractivity contribution in [2.75, 3.05) is 7.11 Å². The van der Waals surface area contributed by atoms with Crippen LogP contribution in [0.1, 0.15) is 11.1 Å². The number of benzene rings is 2. The Morgan fingerprint density at radius 1 is 1.19 bits per heavy atom. The van der Waals surface area contributed by atoms with Crippen LogP contribution >= 0.6 is 0 Å². The van der Waals surface area contributed by atoms with Crippen molar-refractivity contribution in [1.29, 1.82) is 5.26 Å². The number of nitrogens with one attached hydrogen (secondary N) is 1. The smallest absolute Gasteiger partial charge is 0.326 e. The van der Waals surface area contributed by atoms with Crippen molar-refractivity contribution in [3.05, 3.63) is 71.3 Å². The van der Waals surface area contributed by atoms with Gasteiger partial charge in [0.1, 0.15) is 23.4 Å². The largest absolute Gasteiger partial charge is 0.497 e. The van der Waals surface area contributed by atoms with E-state index in [2.05, 4.69) is 5.32 Å². The first-order chi connectivity index (χ1) is 12.5. The van der Waals surface area contributed by atoms with E-state index in [0.29, 0.717) is 11.3 Å². The highest BCUT2D eigenvalue weighted by molar-refractivity contribution is 6.03. The van der Waals surface area contributed by atoms with Crippen molar-refractivity contribution in [2.45, 2.75) is 12.5 Å². The van der Waals surface area contributed by atoms with Crippen LogP contribution in [0.3, 0.4) is 0 Å². The zero-order chi connectivity index (χ0) is 18.9. The lowest BCUT2D eigenvalue weighted by atomic mass is 10.1. The van der Waals surface area contributed by atoms with E-state index in [1.54, 1.807) is 48.5 Å². The van der Waals surface area contributed by atoms with Crippen LogP contribution in [0, 0.1) is 11.3 Å². The van der Waals surface area contributed by atoms with Crippen molar-refractivity contribution >= 4 is 18.0 Å². The van der Waals surface area contributed by atoms with Gasteiger partial charge in [0.25, 0.3) is 5.91 Å².